The van der Waals surface area contributed by atoms with Gasteiger partial charge in [-0.15, -0.1) is 0 Å². The van der Waals surface area contributed by atoms with Gasteiger partial charge < -0.3 is 5.11 Å². The van der Waals surface area contributed by atoms with E-state index in [1.54, 1.807) is 6.92 Å². The molecule has 1 nitrogen and oxygen atoms in total. The lowest BCUT2D eigenvalue weighted by atomic mass is 10.1. The van der Waals surface area contributed by atoms with E-state index in [2.05, 4.69) is 0 Å². The van der Waals surface area contributed by atoms with E-state index in [9.17, 15) is 0 Å². The first kappa shape index (κ1) is 7.70. The molecule has 1 atom stereocenters. The summed E-state index contributed by atoms with van der Waals surface area (Å²) in [6.45, 7) is 5.78. The maximum atomic E-state index is 8.94. The Morgan fingerprint density at radius 2 is 2.25 bits per heavy atom. The summed E-state index contributed by atoms with van der Waals surface area (Å²) in [6, 6.07) is 0. The summed E-state index contributed by atoms with van der Waals surface area (Å²) in [5, 5.41) is 8.94. The molecule has 0 spiro atoms. The first-order valence-electron chi connectivity index (χ1n) is 3.05. The van der Waals surface area contributed by atoms with E-state index in [4.69, 9.17) is 5.11 Å². The van der Waals surface area contributed by atoms with E-state index in [1.165, 1.54) is 0 Å². The molecule has 0 radical (unpaired) electrons. The fraction of sp³-hybridized carbons (Fsp3) is 0.714. The zero-order valence-corrected chi connectivity index (χ0v) is 5.81. The molecule has 0 bridgehead atoms. The Bertz CT molecular complexity index is 82.4. The van der Waals surface area contributed by atoms with Crippen molar-refractivity contribution in [2.24, 2.45) is 0 Å². The van der Waals surface area contributed by atoms with Crippen LogP contribution in [0.25, 0.3) is 0 Å². The van der Waals surface area contributed by atoms with Gasteiger partial charge in [-0.05, 0) is 25.8 Å². The second kappa shape index (κ2) is 3.67. The maximum absolute atomic E-state index is 8.94. The fourth-order valence-corrected chi connectivity index (χ4v) is 0.741. The third-order valence-electron chi connectivity index (χ3n) is 1.32. The van der Waals surface area contributed by atoms with Crippen LogP contribution in [-0.2, 0) is 0 Å². The minimum Gasteiger partial charge on any atom is -0.389 e. The van der Waals surface area contributed by atoms with Gasteiger partial charge in [-0.25, -0.2) is 0 Å². The molecule has 8 heavy (non-hydrogen) atoms. The highest BCUT2D eigenvalue weighted by Crippen LogP contribution is 2.04. The van der Waals surface area contributed by atoms with Crippen molar-refractivity contribution in [1.29, 1.82) is 0 Å². The largest absolute Gasteiger partial charge is 0.389 e. The van der Waals surface area contributed by atoms with E-state index < -0.39 is 0 Å². The third kappa shape index (κ3) is 2.12. The molecule has 0 amide bonds. The van der Waals surface area contributed by atoms with Crippen LogP contribution in [0.1, 0.15) is 27.2 Å². The van der Waals surface area contributed by atoms with Crippen molar-refractivity contribution >= 4 is 0 Å². The van der Waals surface area contributed by atoms with Crippen molar-refractivity contribution < 1.29 is 5.11 Å². The van der Waals surface area contributed by atoms with Crippen molar-refractivity contribution in [3.63, 3.8) is 0 Å². The molecule has 0 aliphatic carbocycles. The minimum atomic E-state index is -0.259. The summed E-state index contributed by atoms with van der Waals surface area (Å²) >= 11 is 0. The summed E-state index contributed by atoms with van der Waals surface area (Å²) in [5.41, 5.74) is 1.12. The zero-order chi connectivity index (χ0) is 6.57. The van der Waals surface area contributed by atoms with E-state index in [0.717, 1.165) is 12.0 Å². The van der Waals surface area contributed by atoms with Crippen LogP contribution < -0.4 is 0 Å². The molecule has 0 fully saturated rings. The molecule has 0 aromatic rings. The van der Waals surface area contributed by atoms with Crippen LogP contribution >= 0.6 is 0 Å². The molecular weight excluding hydrogens is 100 g/mol. The maximum Gasteiger partial charge on any atom is 0.0721 e. The summed E-state index contributed by atoms with van der Waals surface area (Å²) in [7, 11) is 0. The smallest absolute Gasteiger partial charge is 0.0721 e. The number of hydrogen-bond donors (Lipinski definition) is 1. The van der Waals surface area contributed by atoms with Gasteiger partial charge >= 0.3 is 0 Å². The number of hydrogen-bond acceptors (Lipinski definition) is 1. The van der Waals surface area contributed by atoms with Gasteiger partial charge in [0.25, 0.3) is 0 Å². The quantitative estimate of drug-likeness (QED) is 0.542. The molecular formula is C7H14O. The predicted molar refractivity (Wildman–Crippen MR) is 35.7 cm³/mol. The lowest BCUT2D eigenvalue weighted by Crippen LogP contribution is -2.02. The average molecular weight is 114 g/mol. The predicted octanol–water partition coefficient (Wildman–Crippen LogP) is 1.72. The van der Waals surface area contributed by atoms with Crippen molar-refractivity contribution in [3.05, 3.63) is 11.6 Å². The Balaban J connectivity index is 3.72. The van der Waals surface area contributed by atoms with Crippen molar-refractivity contribution in [2.75, 3.05) is 0 Å². The topological polar surface area (TPSA) is 20.2 Å². The minimum absolute atomic E-state index is 0.259. The average Bonchev–Trinajstić information content (AvgIpc) is 1.69. The Morgan fingerprint density at radius 3 is 2.25 bits per heavy atom. The van der Waals surface area contributed by atoms with Gasteiger partial charge in [0.05, 0.1) is 6.10 Å². The van der Waals surface area contributed by atoms with Gasteiger partial charge in [-0.2, -0.15) is 0 Å². The van der Waals surface area contributed by atoms with Crippen LogP contribution in [0.3, 0.4) is 0 Å². The van der Waals surface area contributed by atoms with Gasteiger partial charge in [-0.1, -0.05) is 13.0 Å². The van der Waals surface area contributed by atoms with Crippen molar-refractivity contribution in [1.82, 2.24) is 0 Å². The van der Waals surface area contributed by atoms with Crippen LogP contribution in [0.5, 0.6) is 0 Å². The fourth-order valence-electron chi connectivity index (χ4n) is 0.741. The van der Waals surface area contributed by atoms with Gasteiger partial charge in [0.1, 0.15) is 0 Å². The summed E-state index contributed by atoms with van der Waals surface area (Å²) in [6.07, 6.45) is 2.66. The Labute approximate surface area is 51.0 Å². The number of rotatable bonds is 2. The van der Waals surface area contributed by atoms with Crippen LogP contribution in [0.4, 0.5) is 0 Å². The second-order valence-electron chi connectivity index (χ2n) is 1.89. The number of aliphatic hydroxyl groups is 1. The SMILES string of the molecule is C/C=C(/CC)C(C)O. The number of allylic oxidation sites excluding steroid dienone is 1. The Hall–Kier alpha value is -0.300. The monoisotopic (exact) mass is 114 g/mol. The first-order valence-corrected chi connectivity index (χ1v) is 3.05. The van der Waals surface area contributed by atoms with E-state index in [1.807, 2.05) is 19.9 Å². The molecule has 0 aromatic heterocycles. The molecule has 0 saturated carbocycles. The van der Waals surface area contributed by atoms with Gasteiger partial charge in [0.2, 0.25) is 0 Å². The van der Waals surface area contributed by atoms with Crippen molar-refractivity contribution in [3.8, 4) is 0 Å². The van der Waals surface area contributed by atoms with Gasteiger partial charge in [0, 0.05) is 0 Å². The Kier molecular flexibility index (Phi) is 3.53. The highest BCUT2D eigenvalue weighted by atomic mass is 16.3. The normalized spacial score (nSPS) is 16.2. The lowest BCUT2D eigenvalue weighted by molar-refractivity contribution is 0.228. The van der Waals surface area contributed by atoms with Crippen LogP contribution in [0, 0.1) is 0 Å². The van der Waals surface area contributed by atoms with E-state index >= 15 is 0 Å². The molecule has 0 rings (SSSR count). The van der Waals surface area contributed by atoms with Gasteiger partial charge in [-0.3, -0.25) is 0 Å². The third-order valence-corrected chi connectivity index (χ3v) is 1.32. The van der Waals surface area contributed by atoms with Gasteiger partial charge in [0.15, 0.2) is 0 Å². The number of aliphatic hydroxyl groups excluding tert-OH is 1. The van der Waals surface area contributed by atoms with Crippen LogP contribution in [-0.4, -0.2) is 11.2 Å². The molecule has 0 saturated heterocycles. The lowest BCUT2D eigenvalue weighted by Gasteiger charge is -2.04. The molecule has 1 heteroatoms. The molecule has 1 unspecified atom stereocenters. The standard InChI is InChI=1S/C7H14O/c1-4-7(5-2)6(3)8/h4,6,8H,5H2,1-3H3/b7-4-. The first-order chi connectivity index (χ1) is 3.72. The van der Waals surface area contributed by atoms with Crippen molar-refractivity contribution in [2.45, 2.75) is 33.3 Å². The van der Waals surface area contributed by atoms with E-state index in [0.29, 0.717) is 0 Å². The zero-order valence-electron chi connectivity index (χ0n) is 5.81. The molecule has 48 valence electrons. The van der Waals surface area contributed by atoms with Crippen LogP contribution in [0.15, 0.2) is 11.6 Å². The second-order valence-corrected chi connectivity index (χ2v) is 1.89. The molecule has 0 aromatic carbocycles. The van der Waals surface area contributed by atoms with Crippen LogP contribution in [0.2, 0.25) is 0 Å². The molecule has 0 heterocycles. The highest BCUT2D eigenvalue weighted by molar-refractivity contribution is 5.03. The molecule has 0 aliphatic rings. The Morgan fingerprint density at radius 1 is 1.75 bits per heavy atom. The summed E-state index contributed by atoms with van der Waals surface area (Å²) in [4.78, 5) is 0. The summed E-state index contributed by atoms with van der Waals surface area (Å²) in [5.74, 6) is 0. The highest BCUT2D eigenvalue weighted by Gasteiger charge is 1.97. The molecule has 0 aliphatic heterocycles. The van der Waals surface area contributed by atoms with E-state index in [-0.39, 0.29) is 6.10 Å². The molecule has 1 N–H and O–H groups in total. The summed E-state index contributed by atoms with van der Waals surface area (Å²) < 4.78 is 0.